The molecule has 0 spiro atoms. The molecule has 80 valence electrons. The quantitative estimate of drug-likeness (QED) is 0.609. The van der Waals surface area contributed by atoms with E-state index in [0.717, 1.165) is 12.8 Å². The predicted molar refractivity (Wildman–Crippen MR) is 56.9 cm³/mol. The number of aromatic nitrogens is 1. The summed E-state index contributed by atoms with van der Waals surface area (Å²) >= 11 is 0. The molecule has 1 fully saturated rings. The zero-order chi connectivity index (χ0) is 10.8. The minimum absolute atomic E-state index is 0.131. The van der Waals surface area contributed by atoms with Crippen LogP contribution in [0.4, 0.5) is 11.5 Å². The van der Waals surface area contributed by atoms with Crippen molar-refractivity contribution in [2.24, 2.45) is 0 Å². The number of aryl methyl sites for hydroxylation is 1. The van der Waals surface area contributed by atoms with Gasteiger partial charge in [-0.15, -0.1) is 0 Å². The van der Waals surface area contributed by atoms with Crippen LogP contribution in [0.1, 0.15) is 24.8 Å². The van der Waals surface area contributed by atoms with Crippen LogP contribution in [0.25, 0.3) is 0 Å². The third-order valence-electron chi connectivity index (χ3n) is 2.73. The van der Waals surface area contributed by atoms with Gasteiger partial charge in [-0.25, -0.2) is 4.98 Å². The van der Waals surface area contributed by atoms with Gasteiger partial charge in [0.15, 0.2) is 0 Å². The number of nitrogens with zero attached hydrogens (tertiary/aromatic N) is 2. The summed E-state index contributed by atoms with van der Waals surface area (Å²) in [7, 11) is 0. The number of anilines is 1. The van der Waals surface area contributed by atoms with Gasteiger partial charge < -0.3 is 5.32 Å². The van der Waals surface area contributed by atoms with E-state index < -0.39 is 0 Å². The molecule has 0 atom stereocenters. The number of nitrogens with one attached hydrogen (secondary N) is 1. The predicted octanol–water partition coefficient (Wildman–Crippen LogP) is 2.26. The molecule has 1 N–H and O–H groups in total. The van der Waals surface area contributed by atoms with Crippen LogP contribution in [-0.2, 0) is 0 Å². The van der Waals surface area contributed by atoms with Gasteiger partial charge in [0.25, 0.3) is 5.69 Å². The topological polar surface area (TPSA) is 68.1 Å². The normalized spacial score (nSPS) is 15.8. The Hall–Kier alpha value is -1.65. The molecule has 0 amide bonds. The average molecular weight is 207 g/mol. The summed E-state index contributed by atoms with van der Waals surface area (Å²) in [5, 5.41) is 13.9. The number of hydrogen-bond acceptors (Lipinski definition) is 4. The molecule has 1 aromatic rings. The first-order chi connectivity index (χ1) is 7.16. The summed E-state index contributed by atoms with van der Waals surface area (Å²) in [6.45, 7) is 1.69. The maximum atomic E-state index is 10.7. The highest BCUT2D eigenvalue weighted by molar-refractivity contribution is 5.49. The van der Waals surface area contributed by atoms with Gasteiger partial charge in [0.05, 0.1) is 11.0 Å². The largest absolute Gasteiger partial charge is 0.367 e. The van der Waals surface area contributed by atoms with Crippen molar-refractivity contribution in [1.82, 2.24) is 4.98 Å². The molecule has 1 aromatic heterocycles. The second-order valence-electron chi connectivity index (χ2n) is 3.89. The van der Waals surface area contributed by atoms with Crippen LogP contribution in [0.2, 0.25) is 0 Å². The van der Waals surface area contributed by atoms with Crippen LogP contribution >= 0.6 is 0 Å². The Morgan fingerprint density at radius 3 is 2.87 bits per heavy atom. The Kier molecular flexibility index (Phi) is 2.53. The minimum atomic E-state index is -0.372. The van der Waals surface area contributed by atoms with Crippen molar-refractivity contribution in [3.63, 3.8) is 0 Å². The van der Waals surface area contributed by atoms with Gasteiger partial charge in [-0.2, -0.15) is 0 Å². The second-order valence-corrected chi connectivity index (χ2v) is 3.89. The maximum Gasteiger partial charge on any atom is 0.277 e. The molecular weight excluding hydrogens is 194 g/mol. The number of pyridine rings is 1. The van der Waals surface area contributed by atoms with Crippen molar-refractivity contribution in [2.75, 3.05) is 5.32 Å². The molecule has 1 saturated carbocycles. The lowest BCUT2D eigenvalue weighted by atomic mass is 9.93. The number of rotatable bonds is 3. The Morgan fingerprint density at radius 2 is 2.33 bits per heavy atom. The number of hydrogen-bond donors (Lipinski definition) is 1. The number of nitro groups is 1. The molecule has 0 aliphatic heterocycles. The van der Waals surface area contributed by atoms with E-state index >= 15 is 0 Å². The van der Waals surface area contributed by atoms with Crippen LogP contribution in [0.15, 0.2) is 12.3 Å². The zero-order valence-electron chi connectivity index (χ0n) is 8.56. The molecule has 0 saturated heterocycles. The lowest BCUT2D eigenvalue weighted by Gasteiger charge is -2.26. The lowest BCUT2D eigenvalue weighted by Crippen LogP contribution is -2.27. The molecule has 2 rings (SSSR count). The summed E-state index contributed by atoms with van der Waals surface area (Å²) in [6, 6.07) is 1.95. The summed E-state index contributed by atoms with van der Waals surface area (Å²) in [5.74, 6) is 0.608. The van der Waals surface area contributed by atoms with E-state index in [1.54, 1.807) is 13.1 Å². The summed E-state index contributed by atoms with van der Waals surface area (Å²) in [4.78, 5) is 14.4. The highest BCUT2D eigenvalue weighted by atomic mass is 16.6. The fourth-order valence-electron chi connectivity index (χ4n) is 1.55. The van der Waals surface area contributed by atoms with Crippen LogP contribution < -0.4 is 5.32 Å². The van der Waals surface area contributed by atoms with Crippen molar-refractivity contribution in [3.05, 3.63) is 27.9 Å². The van der Waals surface area contributed by atoms with Gasteiger partial charge >= 0.3 is 0 Å². The van der Waals surface area contributed by atoms with Gasteiger partial charge in [-0.1, -0.05) is 0 Å². The Morgan fingerprint density at radius 1 is 1.60 bits per heavy atom. The van der Waals surface area contributed by atoms with Crippen LogP contribution in [-0.4, -0.2) is 15.9 Å². The monoisotopic (exact) mass is 207 g/mol. The lowest BCUT2D eigenvalue weighted by molar-refractivity contribution is -0.385. The first kappa shape index (κ1) is 9.89. The molecule has 15 heavy (non-hydrogen) atoms. The molecule has 1 heterocycles. The third kappa shape index (κ3) is 2.06. The highest BCUT2D eigenvalue weighted by Gasteiger charge is 2.19. The summed E-state index contributed by atoms with van der Waals surface area (Å²) < 4.78 is 0. The summed E-state index contributed by atoms with van der Waals surface area (Å²) in [5.41, 5.74) is 0.728. The van der Waals surface area contributed by atoms with Crippen molar-refractivity contribution in [1.29, 1.82) is 0 Å². The molecule has 5 heteroatoms. The van der Waals surface area contributed by atoms with Gasteiger partial charge in [0.2, 0.25) is 0 Å². The van der Waals surface area contributed by atoms with E-state index in [1.165, 1.54) is 12.5 Å². The third-order valence-corrected chi connectivity index (χ3v) is 2.73. The van der Waals surface area contributed by atoms with Crippen LogP contribution in [0.5, 0.6) is 0 Å². The van der Waals surface area contributed by atoms with Crippen molar-refractivity contribution < 1.29 is 4.92 Å². The van der Waals surface area contributed by atoms with Gasteiger partial charge in [-0.3, -0.25) is 10.1 Å². The first-order valence-corrected chi connectivity index (χ1v) is 5.04. The smallest absolute Gasteiger partial charge is 0.277 e. The first-order valence-electron chi connectivity index (χ1n) is 5.04. The molecule has 0 radical (unpaired) electrons. The van der Waals surface area contributed by atoms with E-state index in [4.69, 9.17) is 0 Å². The van der Waals surface area contributed by atoms with Crippen molar-refractivity contribution >= 4 is 11.5 Å². The summed E-state index contributed by atoms with van der Waals surface area (Å²) in [6.07, 6.45) is 5.03. The maximum absolute atomic E-state index is 10.7. The van der Waals surface area contributed by atoms with E-state index in [0.29, 0.717) is 17.4 Å². The molecule has 0 unspecified atom stereocenters. The fourth-order valence-corrected chi connectivity index (χ4v) is 1.55. The molecule has 0 bridgehead atoms. The Balaban J connectivity index is 2.17. The van der Waals surface area contributed by atoms with Gasteiger partial charge in [0, 0.05) is 17.8 Å². The van der Waals surface area contributed by atoms with E-state index in [-0.39, 0.29) is 10.6 Å². The van der Waals surface area contributed by atoms with Crippen LogP contribution in [0.3, 0.4) is 0 Å². The zero-order valence-corrected chi connectivity index (χ0v) is 8.56. The Bertz CT molecular complexity index is 388. The highest BCUT2D eigenvalue weighted by Crippen LogP contribution is 2.25. The van der Waals surface area contributed by atoms with Crippen molar-refractivity contribution in [3.8, 4) is 0 Å². The van der Waals surface area contributed by atoms with Gasteiger partial charge in [0.1, 0.15) is 5.82 Å². The van der Waals surface area contributed by atoms with Crippen molar-refractivity contribution in [2.45, 2.75) is 32.2 Å². The molecule has 1 aliphatic carbocycles. The molecule has 1 aliphatic rings. The standard InChI is InChI=1S/C10H13N3O2/c1-7-6-11-10(5-9(7)13(14)15)12-8-3-2-4-8/h5-6,8H,2-4H2,1H3,(H,11,12). The minimum Gasteiger partial charge on any atom is -0.367 e. The van der Waals surface area contributed by atoms with E-state index in [2.05, 4.69) is 10.3 Å². The average Bonchev–Trinajstić information content (AvgIpc) is 2.13. The van der Waals surface area contributed by atoms with Crippen LogP contribution in [0, 0.1) is 17.0 Å². The molecular formula is C10H13N3O2. The SMILES string of the molecule is Cc1cnc(NC2CCC2)cc1[N+](=O)[O-]. The van der Waals surface area contributed by atoms with Gasteiger partial charge in [-0.05, 0) is 26.2 Å². The van der Waals surface area contributed by atoms with E-state index in [9.17, 15) is 10.1 Å². The van der Waals surface area contributed by atoms with E-state index in [1.807, 2.05) is 0 Å². The molecule has 0 aromatic carbocycles. The second kappa shape index (κ2) is 3.84. The molecule has 5 nitrogen and oxygen atoms in total. The fraction of sp³-hybridized carbons (Fsp3) is 0.500. The Labute approximate surface area is 87.7 Å².